The average molecular weight is 394 g/mol. The second-order valence-electron chi connectivity index (χ2n) is 5.64. The maximum absolute atomic E-state index is 13.5. The van der Waals surface area contributed by atoms with E-state index in [1.165, 1.54) is 23.5 Å². The number of nitrogens with zero attached hydrogens (tertiary/aromatic N) is 1. The third-order valence-electron chi connectivity index (χ3n) is 3.48. The van der Waals surface area contributed by atoms with Crippen LogP contribution in [0.2, 0.25) is 0 Å². The smallest absolute Gasteiger partial charge is 0.314 e. The number of benzene rings is 1. The highest BCUT2D eigenvalue weighted by molar-refractivity contribution is 7.09. The van der Waals surface area contributed by atoms with Crippen molar-refractivity contribution >= 4 is 23.3 Å². The second kappa shape index (κ2) is 11.1. The van der Waals surface area contributed by atoms with Gasteiger partial charge in [-0.05, 0) is 18.6 Å². The fourth-order valence-corrected chi connectivity index (χ4v) is 2.75. The Morgan fingerprint density at radius 1 is 1.15 bits per heavy atom. The van der Waals surface area contributed by atoms with Crippen LogP contribution in [0.1, 0.15) is 35.3 Å². The maximum atomic E-state index is 13.5. The molecule has 0 spiro atoms. The molecule has 2 aromatic rings. The van der Waals surface area contributed by atoms with Crippen LogP contribution < -0.4 is 20.7 Å². The van der Waals surface area contributed by atoms with Gasteiger partial charge in [-0.1, -0.05) is 25.5 Å². The van der Waals surface area contributed by atoms with Crippen molar-refractivity contribution in [1.82, 2.24) is 20.9 Å². The molecule has 0 aliphatic carbocycles. The maximum Gasteiger partial charge on any atom is 0.314 e. The number of ether oxygens (including phenoxy) is 1. The Labute approximate surface area is 161 Å². The second-order valence-corrected chi connectivity index (χ2v) is 6.58. The normalized spacial score (nSPS) is 10.3. The first-order chi connectivity index (χ1) is 13.1. The minimum atomic E-state index is -0.446. The van der Waals surface area contributed by atoms with Crippen LogP contribution in [-0.4, -0.2) is 36.6 Å². The Kier molecular flexibility index (Phi) is 8.50. The van der Waals surface area contributed by atoms with Gasteiger partial charge >= 0.3 is 6.03 Å². The van der Waals surface area contributed by atoms with Gasteiger partial charge in [0.1, 0.15) is 17.3 Å². The predicted octanol–water partition coefficient (Wildman–Crippen LogP) is 2.69. The zero-order chi connectivity index (χ0) is 19.5. The van der Waals surface area contributed by atoms with Crippen LogP contribution in [0.5, 0.6) is 5.75 Å². The number of nitrogens with one attached hydrogen (secondary N) is 3. The Morgan fingerprint density at radius 2 is 1.89 bits per heavy atom. The topological polar surface area (TPSA) is 92.4 Å². The van der Waals surface area contributed by atoms with E-state index in [9.17, 15) is 14.0 Å². The third kappa shape index (κ3) is 7.22. The summed E-state index contributed by atoms with van der Waals surface area (Å²) in [6.45, 7) is 3.37. The molecule has 7 nitrogen and oxygen atoms in total. The molecule has 1 heterocycles. The molecular weight excluding hydrogens is 371 g/mol. The van der Waals surface area contributed by atoms with Crippen molar-refractivity contribution in [3.63, 3.8) is 0 Å². The standard InChI is InChI=1S/C18H23FN4O3S/c1-2-3-8-21-18(25)22-10-9-20-17(24)14-12-27-16(23-14)11-26-15-7-5-4-6-13(15)19/h4-7,12H,2-3,8-11H2,1H3,(H,20,24)(H2,21,22,25). The summed E-state index contributed by atoms with van der Waals surface area (Å²) in [5.74, 6) is -0.642. The van der Waals surface area contributed by atoms with Gasteiger partial charge in [0.15, 0.2) is 11.6 Å². The number of carbonyl (C=O) groups is 2. The fraction of sp³-hybridized carbons (Fsp3) is 0.389. The molecule has 0 radical (unpaired) electrons. The van der Waals surface area contributed by atoms with Crippen LogP contribution in [0.15, 0.2) is 29.6 Å². The molecule has 2 rings (SSSR count). The molecule has 3 N–H and O–H groups in total. The van der Waals surface area contributed by atoms with Gasteiger partial charge < -0.3 is 20.7 Å². The number of hydrogen-bond donors (Lipinski definition) is 3. The summed E-state index contributed by atoms with van der Waals surface area (Å²) in [7, 11) is 0. The number of amides is 3. The van der Waals surface area contributed by atoms with Crippen molar-refractivity contribution in [2.24, 2.45) is 0 Å². The van der Waals surface area contributed by atoms with Crippen molar-refractivity contribution < 1.29 is 18.7 Å². The van der Waals surface area contributed by atoms with E-state index in [-0.39, 0.29) is 30.0 Å². The first-order valence-corrected chi connectivity index (χ1v) is 9.59. The molecule has 0 bridgehead atoms. The van der Waals surface area contributed by atoms with Crippen molar-refractivity contribution in [2.75, 3.05) is 19.6 Å². The molecule has 0 aliphatic heterocycles. The monoisotopic (exact) mass is 394 g/mol. The van der Waals surface area contributed by atoms with Crippen molar-refractivity contribution in [3.8, 4) is 5.75 Å². The van der Waals surface area contributed by atoms with Gasteiger partial charge in [-0.3, -0.25) is 4.79 Å². The number of halogens is 1. The zero-order valence-corrected chi connectivity index (χ0v) is 15.9. The average Bonchev–Trinajstić information content (AvgIpc) is 3.14. The van der Waals surface area contributed by atoms with Crippen LogP contribution >= 0.6 is 11.3 Å². The van der Waals surface area contributed by atoms with E-state index < -0.39 is 5.82 Å². The molecule has 27 heavy (non-hydrogen) atoms. The molecule has 0 aliphatic rings. The van der Waals surface area contributed by atoms with Gasteiger partial charge in [0.05, 0.1) is 0 Å². The summed E-state index contributed by atoms with van der Waals surface area (Å²) in [5, 5.41) is 10.2. The highest BCUT2D eigenvalue weighted by Gasteiger charge is 2.11. The first-order valence-electron chi connectivity index (χ1n) is 8.71. The lowest BCUT2D eigenvalue weighted by molar-refractivity contribution is 0.0949. The molecule has 0 saturated heterocycles. The van der Waals surface area contributed by atoms with Crippen LogP contribution in [0.25, 0.3) is 0 Å². The molecule has 0 unspecified atom stereocenters. The van der Waals surface area contributed by atoms with E-state index in [0.717, 1.165) is 12.8 Å². The number of unbranched alkanes of at least 4 members (excludes halogenated alkanes) is 1. The summed E-state index contributed by atoms with van der Waals surface area (Å²) >= 11 is 1.26. The number of para-hydroxylation sites is 1. The molecule has 0 saturated carbocycles. The van der Waals surface area contributed by atoms with E-state index in [1.807, 2.05) is 6.92 Å². The molecular formula is C18H23FN4O3S. The van der Waals surface area contributed by atoms with Gasteiger partial charge in [0.25, 0.3) is 5.91 Å². The molecule has 0 atom stereocenters. The highest BCUT2D eigenvalue weighted by Crippen LogP contribution is 2.18. The largest absolute Gasteiger partial charge is 0.483 e. The Morgan fingerprint density at radius 3 is 2.67 bits per heavy atom. The number of rotatable bonds is 10. The van der Waals surface area contributed by atoms with Gasteiger partial charge in [-0.15, -0.1) is 11.3 Å². The first kappa shape index (κ1) is 20.6. The van der Waals surface area contributed by atoms with Crippen LogP contribution in [-0.2, 0) is 6.61 Å². The summed E-state index contributed by atoms with van der Waals surface area (Å²) in [4.78, 5) is 27.7. The minimum absolute atomic E-state index is 0.0817. The number of thiazole rings is 1. The number of carbonyl (C=O) groups excluding carboxylic acids is 2. The van der Waals surface area contributed by atoms with Crippen LogP contribution in [0.3, 0.4) is 0 Å². The number of hydrogen-bond acceptors (Lipinski definition) is 5. The summed E-state index contributed by atoms with van der Waals surface area (Å²) in [6, 6.07) is 5.85. The van der Waals surface area contributed by atoms with Gasteiger partial charge in [-0.2, -0.15) is 0 Å². The molecule has 1 aromatic carbocycles. The van der Waals surface area contributed by atoms with E-state index >= 15 is 0 Å². The predicted molar refractivity (Wildman–Crippen MR) is 101 cm³/mol. The third-order valence-corrected chi connectivity index (χ3v) is 4.31. The Hall–Kier alpha value is -2.68. The van der Waals surface area contributed by atoms with Crippen molar-refractivity contribution in [2.45, 2.75) is 26.4 Å². The van der Waals surface area contributed by atoms with Gasteiger partial charge in [0, 0.05) is 25.0 Å². The quantitative estimate of drug-likeness (QED) is 0.540. The van der Waals surface area contributed by atoms with Crippen molar-refractivity contribution in [3.05, 3.63) is 46.2 Å². The van der Waals surface area contributed by atoms with Crippen LogP contribution in [0.4, 0.5) is 9.18 Å². The molecule has 0 fully saturated rings. The molecule has 3 amide bonds. The van der Waals surface area contributed by atoms with E-state index in [4.69, 9.17) is 4.74 Å². The summed E-state index contributed by atoms with van der Waals surface area (Å²) in [6.07, 6.45) is 1.94. The molecule has 1 aromatic heterocycles. The number of urea groups is 1. The van der Waals surface area contributed by atoms with E-state index in [1.54, 1.807) is 17.5 Å². The minimum Gasteiger partial charge on any atom is -0.483 e. The van der Waals surface area contributed by atoms with Crippen LogP contribution in [0, 0.1) is 5.82 Å². The molecule has 9 heteroatoms. The van der Waals surface area contributed by atoms with Gasteiger partial charge in [-0.25, -0.2) is 14.2 Å². The lowest BCUT2D eigenvalue weighted by Gasteiger charge is -2.07. The van der Waals surface area contributed by atoms with E-state index in [2.05, 4.69) is 20.9 Å². The Bertz CT molecular complexity index is 754. The summed E-state index contributed by atoms with van der Waals surface area (Å²) in [5.41, 5.74) is 0.263. The fourth-order valence-electron chi connectivity index (χ4n) is 2.07. The highest BCUT2D eigenvalue weighted by atomic mass is 32.1. The van der Waals surface area contributed by atoms with Crippen molar-refractivity contribution in [1.29, 1.82) is 0 Å². The lowest BCUT2D eigenvalue weighted by atomic mass is 10.3. The summed E-state index contributed by atoms with van der Waals surface area (Å²) < 4.78 is 18.9. The SMILES string of the molecule is CCCCNC(=O)NCCNC(=O)c1csc(COc2ccccc2F)n1. The zero-order valence-electron chi connectivity index (χ0n) is 15.1. The number of aromatic nitrogens is 1. The Balaban J connectivity index is 1.68. The molecule has 146 valence electrons. The van der Waals surface area contributed by atoms with E-state index in [0.29, 0.717) is 24.6 Å². The lowest BCUT2D eigenvalue weighted by Crippen LogP contribution is -2.40. The van der Waals surface area contributed by atoms with Gasteiger partial charge in [0.2, 0.25) is 0 Å².